The van der Waals surface area contributed by atoms with Crippen molar-refractivity contribution in [3.05, 3.63) is 41.5 Å². The normalized spacial score (nSPS) is 32.0. The average molecular weight is 342 g/mol. The van der Waals surface area contributed by atoms with Crippen LogP contribution in [0.3, 0.4) is 0 Å². The zero-order chi connectivity index (χ0) is 17.4. The van der Waals surface area contributed by atoms with E-state index in [-0.39, 0.29) is 17.7 Å². The molecular weight excluding hydrogens is 320 g/mol. The Bertz CT molecular complexity index is 715. The summed E-state index contributed by atoms with van der Waals surface area (Å²) in [6.45, 7) is 2.32. The maximum atomic E-state index is 12.7. The van der Waals surface area contributed by atoms with Gasteiger partial charge in [-0.1, -0.05) is 30.3 Å². The van der Waals surface area contributed by atoms with Crippen molar-refractivity contribution in [2.75, 3.05) is 13.2 Å². The highest BCUT2D eigenvalue weighted by Gasteiger charge is 2.56. The largest absolute Gasteiger partial charge is 0.456 e. The monoisotopic (exact) mass is 342 g/mol. The zero-order valence-corrected chi connectivity index (χ0v) is 14.3. The van der Waals surface area contributed by atoms with Gasteiger partial charge in [0, 0.05) is 31.3 Å². The number of Topliss-reactive ketones (excluding diaryl/α,β-unsaturated/α-hetero) is 1. The van der Waals surface area contributed by atoms with Gasteiger partial charge < -0.3 is 14.2 Å². The predicted molar refractivity (Wildman–Crippen MR) is 90.5 cm³/mol. The van der Waals surface area contributed by atoms with E-state index in [0.29, 0.717) is 31.6 Å². The number of esters is 1. The lowest BCUT2D eigenvalue weighted by molar-refractivity contribution is -0.317. The van der Waals surface area contributed by atoms with E-state index in [0.717, 1.165) is 24.0 Å². The van der Waals surface area contributed by atoms with Crippen LogP contribution in [-0.2, 0) is 23.8 Å². The highest BCUT2D eigenvalue weighted by molar-refractivity contribution is 6.24. The molecule has 0 radical (unpaired) electrons. The Kier molecular flexibility index (Phi) is 4.21. The topological polar surface area (TPSA) is 61.8 Å². The molecule has 2 saturated heterocycles. The quantitative estimate of drug-likeness (QED) is 0.774. The number of hydrogen-bond donors (Lipinski definition) is 0. The van der Waals surface area contributed by atoms with Crippen molar-refractivity contribution in [1.29, 1.82) is 0 Å². The van der Waals surface area contributed by atoms with E-state index < -0.39 is 11.9 Å². The minimum Gasteiger partial charge on any atom is -0.456 e. The second-order valence-electron chi connectivity index (χ2n) is 6.94. The van der Waals surface area contributed by atoms with Gasteiger partial charge in [-0.15, -0.1) is 0 Å². The van der Waals surface area contributed by atoms with Crippen LogP contribution < -0.4 is 0 Å². The highest BCUT2D eigenvalue weighted by Crippen LogP contribution is 2.48. The first kappa shape index (κ1) is 16.5. The Morgan fingerprint density at radius 3 is 2.68 bits per heavy atom. The number of ether oxygens (including phenoxy) is 3. The molecule has 0 bridgehead atoms. The van der Waals surface area contributed by atoms with Crippen molar-refractivity contribution in [1.82, 2.24) is 0 Å². The molecular formula is C20H22O5. The third-order valence-corrected chi connectivity index (χ3v) is 5.35. The number of hydrogen-bond acceptors (Lipinski definition) is 5. The first-order valence-electron chi connectivity index (χ1n) is 8.87. The van der Waals surface area contributed by atoms with Gasteiger partial charge >= 0.3 is 5.97 Å². The van der Waals surface area contributed by atoms with Crippen molar-refractivity contribution >= 4 is 17.3 Å². The second kappa shape index (κ2) is 6.39. The van der Waals surface area contributed by atoms with Crippen LogP contribution in [-0.4, -0.2) is 36.9 Å². The molecule has 3 aliphatic rings. The Labute approximate surface area is 146 Å². The summed E-state index contributed by atoms with van der Waals surface area (Å²) in [5.41, 5.74) is 2.55. The van der Waals surface area contributed by atoms with E-state index in [2.05, 4.69) is 0 Å². The summed E-state index contributed by atoms with van der Waals surface area (Å²) in [6, 6.07) is 9.64. The number of carbonyl (C=O) groups is 2. The van der Waals surface area contributed by atoms with Gasteiger partial charge in [0.15, 0.2) is 11.9 Å². The van der Waals surface area contributed by atoms with Gasteiger partial charge in [-0.3, -0.25) is 9.59 Å². The molecule has 2 fully saturated rings. The van der Waals surface area contributed by atoms with Crippen molar-refractivity contribution < 1.29 is 23.8 Å². The lowest BCUT2D eigenvalue weighted by Gasteiger charge is -2.47. The molecule has 0 saturated carbocycles. The molecule has 25 heavy (non-hydrogen) atoms. The molecule has 5 nitrogen and oxygen atoms in total. The number of carbonyl (C=O) groups excluding carboxylic acids is 2. The Morgan fingerprint density at radius 2 is 2.00 bits per heavy atom. The molecule has 0 N–H and O–H groups in total. The van der Waals surface area contributed by atoms with Gasteiger partial charge in [-0.05, 0) is 24.0 Å². The maximum absolute atomic E-state index is 12.7. The van der Waals surface area contributed by atoms with Gasteiger partial charge in [-0.25, -0.2) is 0 Å². The van der Waals surface area contributed by atoms with Crippen molar-refractivity contribution in [2.45, 2.75) is 44.5 Å². The number of rotatable bonds is 2. The van der Waals surface area contributed by atoms with E-state index in [1.54, 1.807) is 0 Å². The SMILES string of the molecule is CC(=O)O[C@@H]1[C@H]2CC(=O)C(c3ccccc3)=C2CO[C@@]12CCCCO2. The van der Waals surface area contributed by atoms with Crippen LogP contribution in [0, 0.1) is 5.92 Å². The summed E-state index contributed by atoms with van der Waals surface area (Å²) in [7, 11) is 0. The molecule has 2 aliphatic heterocycles. The molecule has 132 valence electrons. The average Bonchev–Trinajstić information content (AvgIpc) is 2.95. The molecule has 1 aliphatic carbocycles. The fourth-order valence-corrected chi connectivity index (χ4v) is 4.28. The lowest BCUT2D eigenvalue weighted by Crippen LogP contribution is -2.57. The first-order valence-corrected chi connectivity index (χ1v) is 8.87. The second-order valence-corrected chi connectivity index (χ2v) is 6.94. The molecule has 5 heteroatoms. The van der Waals surface area contributed by atoms with E-state index in [9.17, 15) is 9.59 Å². The Hall–Kier alpha value is -1.98. The Balaban J connectivity index is 1.75. The van der Waals surface area contributed by atoms with Gasteiger partial charge in [0.1, 0.15) is 0 Å². The molecule has 0 unspecified atom stereocenters. The van der Waals surface area contributed by atoms with E-state index in [1.165, 1.54) is 6.92 Å². The molecule has 4 rings (SSSR count). The van der Waals surface area contributed by atoms with Crippen LogP contribution in [0.2, 0.25) is 0 Å². The van der Waals surface area contributed by atoms with Crippen LogP contribution in [0.1, 0.15) is 38.2 Å². The summed E-state index contributed by atoms with van der Waals surface area (Å²) in [4.78, 5) is 24.5. The number of benzene rings is 1. The lowest BCUT2D eigenvalue weighted by atomic mass is 9.83. The molecule has 0 amide bonds. The highest BCUT2D eigenvalue weighted by atomic mass is 16.7. The number of ketones is 1. The third-order valence-electron chi connectivity index (χ3n) is 5.35. The minimum absolute atomic E-state index is 0.0832. The molecule has 1 aromatic carbocycles. The summed E-state index contributed by atoms with van der Waals surface area (Å²) in [5, 5.41) is 0. The molecule has 1 spiro atoms. The van der Waals surface area contributed by atoms with Gasteiger partial charge in [0.2, 0.25) is 5.79 Å². The maximum Gasteiger partial charge on any atom is 0.303 e. The first-order chi connectivity index (χ1) is 12.1. The summed E-state index contributed by atoms with van der Waals surface area (Å²) < 4.78 is 17.8. The zero-order valence-electron chi connectivity index (χ0n) is 14.3. The molecule has 1 aromatic rings. The minimum atomic E-state index is -0.912. The van der Waals surface area contributed by atoms with Gasteiger partial charge in [0.05, 0.1) is 13.2 Å². The van der Waals surface area contributed by atoms with E-state index >= 15 is 0 Å². The van der Waals surface area contributed by atoms with Crippen molar-refractivity contribution in [3.63, 3.8) is 0 Å². The summed E-state index contributed by atoms with van der Waals surface area (Å²) >= 11 is 0. The van der Waals surface area contributed by atoms with Gasteiger partial charge in [-0.2, -0.15) is 0 Å². The Morgan fingerprint density at radius 1 is 1.20 bits per heavy atom. The standard InChI is InChI=1S/C20H22O5/c1-13(21)25-19-15-11-17(22)18(14-7-3-2-4-8-14)16(15)12-24-20(19)9-5-6-10-23-20/h2-4,7-8,15,19H,5-6,9-12H2,1H3/t15-,19+,20-/m0/s1. The van der Waals surface area contributed by atoms with Crippen LogP contribution in [0.5, 0.6) is 0 Å². The summed E-state index contributed by atoms with van der Waals surface area (Å²) in [6.07, 6.45) is 2.39. The number of allylic oxidation sites excluding steroid dienone is 1. The van der Waals surface area contributed by atoms with Crippen molar-refractivity contribution in [3.8, 4) is 0 Å². The fourth-order valence-electron chi connectivity index (χ4n) is 4.28. The fraction of sp³-hybridized carbons (Fsp3) is 0.500. The van der Waals surface area contributed by atoms with Crippen LogP contribution in [0.4, 0.5) is 0 Å². The molecule has 0 aromatic heterocycles. The predicted octanol–water partition coefficient (Wildman–Crippen LogP) is 2.89. The van der Waals surface area contributed by atoms with E-state index in [1.807, 2.05) is 30.3 Å². The van der Waals surface area contributed by atoms with Crippen LogP contribution in [0.15, 0.2) is 35.9 Å². The van der Waals surface area contributed by atoms with E-state index in [4.69, 9.17) is 14.2 Å². The third kappa shape index (κ3) is 2.81. The smallest absolute Gasteiger partial charge is 0.303 e. The van der Waals surface area contributed by atoms with Gasteiger partial charge in [0.25, 0.3) is 0 Å². The van der Waals surface area contributed by atoms with Crippen molar-refractivity contribution in [2.24, 2.45) is 5.92 Å². The number of fused-ring (bicyclic) bond motifs is 1. The summed E-state index contributed by atoms with van der Waals surface area (Å²) in [5.74, 6) is -1.37. The van der Waals surface area contributed by atoms with Crippen LogP contribution >= 0.6 is 0 Å². The molecule has 3 atom stereocenters. The van der Waals surface area contributed by atoms with Crippen LogP contribution in [0.25, 0.3) is 5.57 Å². The molecule has 2 heterocycles.